The SMILES string of the molecule is CCN1CCCC(CN(C)C(=O)c2ccn3nnnc3c2)C1. The maximum Gasteiger partial charge on any atom is 0.253 e. The minimum absolute atomic E-state index is 0.0270. The Morgan fingerprint density at radius 3 is 3.18 bits per heavy atom. The number of tetrazole rings is 1. The summed E-state index contributed by atoms with van der Waals surface area (Å²) in [6.07, 6.45) is 4.13. The normalized spacial score (nSPS) is 19.5. The maximum atomic E-state index is 12.6. The van der Waals surface area contributed by atoms with Crippen LogP contribution in [0, 0.1) is 5.92 Å². The van der Waals surface area contributed by atoms with Gasteiger partial charge in [-0.1, -0.05) is 6.92 Å². The zero-order valence-electron chi connectivity index (χ0n) is 13.1. The van der Waals surface area contributed by atoms with Gasteiger partial charge in [0.25, 0.3) is 5.91 Å². The second kappa shape index (κ2) is 6.39. The highest BCUT2D eigenvalue weighted by Crippen LogP contribution is 2.18. The van der Waals surface area contributed by atoms with Gasteiger partial charge in [0.15, 0.2) is 5.65 Å². The standard InChI is InChI=1S/C15H22N6O/c1-3-20-7-4-5-12(11-20)10-19(2)15(22)13-6-8-21-14(9-13)16-17-18-21/h6,8-9,12H,3-5,7,10-11H2,1-2H3. The summed E-state index contributed by atoms with van der Waals surface area (Å²) in [5.74, 6) is 0.584. The van der Waals surface area contributed by atoms with Gasteiger partial charge in [0.05, 0.1) is 0 Å². The number of pyridine rings is 1. The van der Waals surface area contributed by atoms with Gasteiger partial charge in [-0.25, -0.2) is 4.52 Å². The highest BCUT2D eigenvalue weighted by atomic mass is 16.2. The molecule has 1 saturated heterocycles. The van der Waals surface area contributed by atoms with Gasteiger partial charge in [-0.15, -0.1) is 5.10 Å². The average Bonchev–Trinajstić information content (AvgIpc) is 3.01. The number of aromatic nitrogens is 4. The second-order valence-electron chi connectivity index (χ2n) is 5.98. The lowest BCUT2D eigenvalue weighted by Crippen LogP contribution is -2.41. The first-order valence-electron chi connectivity index (χ1n) is 7.83. The van der Waals surface area contributed by atoms with E-state index in [1.165, 1.54) is 19.4 Å². The van der Waals surface area contributed by atoms with E-state index in [1.807, 2.05) is 11.9 Å². The molecule has 0 spiro atoms. The van der Waals surface area contributed by atoms with Crippen molar-refractivity contribution in [3.8, 4) is 0 Å². The zero-order chi connectivity index (χ0) is 15.5. The molecular weight excluding hydrogens is 280 g/mol. The summed E-state index contributed by atoms with van der Waals surface area (Å²) in [7, 11) is 1.87. The quantitative estimate of drug-likeness (QED) is 0.840. The molecule has 3 heterocycles. The van der Waals surface area contributed by atoms with Crippen LogP contribution in [0.15, 0.2) is 18.3 Å². The lowest BCUT2D eigenvalue weighted by molar-refractivity contribution is 0.0732. The summed E-state index contributed by atoms with van der Waals surface area (Å²) in [6, 6.07) is 3.50. The van der Waals surface area contributed by atoms with E-state index in [-0.39, 0.29) is 5.91 Å². The highest BCUT2D eigenvalue weighted by molar-refractivity contribution is 5.94. The predicted molar refractivity (Wildman–Crippen MR) is 82.6 cm³/mol. The molecule has 1 amide bonds. The number of hydrogen-bond acceptors (Lipinski definition) is 5. The van der Waals surface area contributed by atoms with Crippen molar-refractivity contribution in [2.45, 2.75) is 19.8 Å². The monoisotopic (exact) mass is 302 g/mol. The first-order chi connectivity index (χ1) is 10.7. The average molecular weight is 302 g/mol. The number of carbonyl (C=O) groups is 1. The van der Waals surface area contributed by atoms with Gasteiger partial charge in [-0.3, -0.25) is 4.79 Å². The van der Waals surface area contributed by atoms with Crippen LogP contribution in [-0.4, -0.2) is 69.0 Å². The molecule has 0 radical (unpaired) electrons. The van der Waals surface area contributed by atoms with Crippen LogP contribution in [0.1, 0.15) is 30.1 Å². The summed E-state index contributed by atoms with van der Waals surface area (Å²) < 4.78 is 1.55. The van der Waals surface area contributed by atoms with Crippen molar-refractivity contribution >= 4 is 11.6 Å². The van der Waals surface area contributed by atoms with Crippen molar-refractivity contribution in [2.75, 3.05) is 33.2 Å². The van der Waals surface area contributed by atoms with Crippen LogP contribution in [0.5, 0.6) is 0 Å². The molecule has 3 rings (SSSR count). The molecule has 2 aromatic rings. The van der Waals surface area contributed by atoms with Gasteiger partial charge in [0.2, 0.25) is 0 Å². The largest absolute Gasteiger partial charge is 0.341 e. The van der Waals surface area contributed by atoms with Crippen LogP contribution in [0.2, 0.25) is 0 Å². The van der Waals surface area contributed by atoms with Gasteiger partial charge in [-0.2, -0.15) is 0 Å². The molecular formula is C15H22N6O. The molecule has 1 aliphatic rings. The number of nitrogens with zero attached hydrogens (tertiary/aromatic N) is 6. The molecule has 0 bridgehead atoms. The van der Waals surface area contributed by atoms with Crippen molar-refractivity contribution in [2.24, 2.45) is 5.92 Å². The minimum atomic E-state index is 0.0270. The van der Waals surface area contributed by atoms with E-state index in [0.29, 0.717) is 17.1 Å². The third-order valence-corrected chi connectivity index (χ3v) is 4.37. The van der Waals surface area contributed by atoms with Crippen LogP contribution >= 0.6 is 0 Å². The molecule has 1 unspecified atom stereocenters. The van der Waals surface area contributed by atoms with E-state index in [0.717, 1.165) is 19.6 Å². The minimum Gasteiger partial charge on any atom is -0.341 e. The molecule has 0 aromatic carbocycles. The van der Waals surface area contributed by atoms with Gasteiger partial charge in [-0.05, 0) is 54.4 Å². The van der Waals surface area contributed by atoms with Crippen molar-refractivity contribution < 1.29 is 4.79 Å². The number of hydrogen-bond donors (Lipinski definition) is 0. The third-order valence-electron chi connectivity index (χ3n) is 4.37. The first kappa shape index (κ1) is 14.9. The number of amides is 1. The summed E-state index contributed by atoms with van der Waals surface area (Å²) in [5.41, 5.74) is 1.22. The lowest BCUT2D eigenvalue weighted by Gasteiger charge is -2.34. The molecule has 7 heteroatoms. The molecule has 1 fully saturated rings. The van der Waals surface area contributed by atoms with Crippen molar-refractivity contribution in [3.05, 3.63) is 23.9 Å². The van der Waals surface area contributed by atoms with E-state index >= 15 is 0 Å². The lowest BCUT2D eigenvalue weighted by atomic mass is 9.97. The summed E-state index contributed by atoms with van der Waals surface area (Å²) in [6.45, 7) is 6.34. The Balaban J connectivity index is 1.65. The zero-order valence-corrected chi connectivity index (χ0v) is 13.1. The number of likely N-dealkylation sites (tertiary alicyclic amines) is 1. The van der Waals surface area contributed by atoms with E-state index < -0.39 is 0 Å². The summed E-state index contributed by atoms with van der Waals surface area (Å²) in [5, 5.41) is 11.3. The molecule has 118 valence electrons. The fourth-order valence-electron chi connectivity index (χ4n) is 3.15. The first-order valence-corrected chi connectivity index (χ1v) is 7.83. The van der Waals surface area contributed by atoms with Gasteiger partial charge in [0.1, 0.15) is 0 Å². The second-order valence-corrected chi connectivity index (χ2v) is 5.98. The smallest absolute Gasteiger partial charge is 0.253 e. The van der Waals surface area contributed by atoms with Crippen LogP contribution < -0.4 is 0 Å². The molecule has 1 atom stereocenters. The molecule has 0 saturated carbocycles. The van der Waals surface area contributed by atoms with Gasteiger partial charge < -0.3 is 9.80 Å². The Labute approximate surface area is 129 Å². The Bertz CT molecular complexity index is 654. The Morgan fingerprint density at radius 1 is 1.50 bits per heavy atom. The predicted octanol–water partition coefficient (Wildman–Crippen LogP) is 0.928. The van der Waals surface area contributed by atoms with Crippen molar-refractivity contribution in [3.63, 3.8) is 0 Å². The van der Waals surface area contributed by atoms with Gasteiger partial charge in [0, 0.05) is 31.9 Å². The summed E-state index contributed by atoms with van der Waals surface area (Å²) in [4.78, 5) is 16.8. The van der Waals surface area contributed by atoms with Crippen molar-refractivity contribution in [1.29, 1.82) is 0 Å². The van der Waals surface area contributed by atoms with Crippen molar-refractivity contribution in [1.82, 2.24) is 29.8 Å². The molecule has 0 aliphatic carbocycles. The van der Waals surface area contributed by atoms with E-state index in [4.69, 9.17) is 0 Å². The molecule has 7 nitrogen and oxygen atoms in total. The van der Waals surface area contributed by atoms with Gasteiger partial charge >= 0.3 is 0 Å². The maximum absolute atomic E-state index is 12.6. The van der Waals surface area contributed by atoms with E-state index in [2.05, 4.69) is 27.3 Å². The Morgan fingerprint density at radius 2 is 2.36 bits per heavy atom. The molecule has 0 N–H and O–H groups in total. The Kier molecular flexibility index (Phi) is 4.33. The number of piperidine rings is 1. The molecule has 2 aromatic heterocycles. The molecule has 22 heavy (non-hydrogen) atoms. The third kappa shape index (κ3) is 3.09. The van der Waals surface area contributed by atoms with Crippen LogP contribution in [0.25, 0.3) is 5.65 Å². The van der Waals surface area contributed by atoms with Crippen LogP contribution in [0.4, 0.5) is 0 Å². The topological polar surface area (TPSA) is 66.6 Å². The number of fused-ring (bicyclic) bond motifs is 1. The number of rotatable bonds is 4. The fourth-order valence-corrected chi connectivity index (χ4v) is 3.15. The molecule has 1 aliphatic heterocycles. The van der Waals surface area contributed by atoms with Crippen LogP contribution in [-0.2, 0) is 0 Å². The fraction of sp³-hybridized carbons (Fsp3) is 0.600. The van der Waals surface area contributed by atoms with Crippen LogP contribution in [0.3, 0.4) is 0 Å². The van der Waals surface area contributed by atoms with E-state index in [1.54, 1.807) is 22.8 Å². The Hall–Kier alpha value is -2.02. The number of carbonyl (C=O) groups excluding carboxylic acids is 1. The summed E-state index contributed by atoms with van der Waals surface area (Å²) >= 11 is 0. The van der Waals surface area contributed by atoms with E-state index in [9.17, 15) is 4.79 Å². The highest BCUT2D eigenvalue weighted by Gasteiger charge is 2.22.